The number of aryl methyl sites for hydroxylation is 2. The number of halogens is 3. The van der Waals surface area contributed by atoms with E-state index in [9.17, 15) is 22.8 Å². The van der Waals surface area contributed by atoms with Crippen LogP contribution >= 0.6 is 0 Å². The molecule has 0 saturated heterocycles. The Labute approximate surface area is 167 Å². The highest BCUT2D eigenvalue weighted by molar-refractivity contribution is 5.95. The van der Waals surface area contributed by atoms with Gasteiger partial charge in [-0.2, -0.15) is 13.2 Å². The maximum Gasteiger partial charge on any atom is 0.407 e. The molecular weight excluding hydrogens is 383 g/mol. The zero-order valence-electron chi connectivity index (χ0n) is 16.5. The van der Waals surface area contributed by atoms with Gasteiger partial charge in [0.05, 0.1) is 13.1 Å². The van der Waals surface area contributed by atoms with Crippen LogP contribution in [0.15, 0.2) is 48.5 Å². The van der Waals surface area contributed by atoms with E-state index >= 15 is 0 Å². The van der Waals surface area contributed by atoms with Crippen LogP contribution < -0.4 is 10.6 Å². The minimum atomic E-state index is -4.56. The summed E-state index contributed by atoms with van der Waals surface area (Å²) in [7, 11) is 1.37. The standard InChI is InChI=1S/C21H24F3N3O2/c1-14-8-7-9-15(2)19(14)26-17(28)13-27(3)18(29)12-25-20(21(22,23)24)16-10-5-4-6-11-16/h4-11,20,25H,12-13H2,1-3H3,(H,26,28). The van der Waals surface area contributed by atoms with E-state index in [2.05, 4.69) is 10.6 Å². The van der Waals surface area contributed by atoms with Crippen LogP contribution in [0.4, 0.5) is 18.9 Å². The number of hydrogen-bond donors (Lipinski definition) is 2. The van der Waals surface area contributed by atoms with Crippen LogP contribution in [0.5, 0.6) is 0 Å². The highest BCUT2D eigenvalue weighted by Crippen LogP contribution is 2.32. The van der Waals surface area contributed by atoms with E-state index in [4.69, 9.17) is 0 Å². The number of hydrogen-bond acceptors (Lipinski definition) is 3. The Kier molecular flexibility index (Phi) is 7.39. The van der Waals surface area contributed by atoms with Crippen molar-refractivity contribution in [1.29, 1.82) is 0 Å². The van der Waals surface area contributed by atoms with Gasteiger partial charge in [-0.15, -0.1) is 0 Å². The van der Waals surface area contributed by atoms with Gasteiger partial charge < -0.3 is 10.2 Å². The van der Waals surface area contributed by atoms with Crippen molar-refractivity contribution >= 4 is 17.5 Å². The van der Waals surface area contributed by atoms with Gasteiger partial charge >= 0.3 is 6.18 Å². The predicted octanol–water partition coefficient (Wildman–Crippen LogP) is 3.59. The summed E-state index contributed by atoms with van der Waals surface area (Å²) in [6.07, 6.45) is -4.56. The highest BCUT2D eigenvalue weighted by Gasteiger charge is 2.40. The topological polar surface area (TPSA) is 61.4 Å². The van der Waals surface area contributed by atoms with Gasteiger partial charge in [-0.1, -0.05) is 48.5 Å². The maximum absolute atomic E-state index is 13.3. The van der Waals surface area contributed by atoms with Crippen LogP contribution in [0.2, 0.25) is 0 Å². The van der Waals surface area contributed by atoms with Crippen molar-refractivity contribution < 1.29 is 22.8 Å². The van der Waals surface area contributed by atoms with Crippen LogP contribution in [-0.2, 0) is 9.59 Å². The summed E-state index contributed by atoms with van der Waals surface area (Å²) in [6, 6.07) is 10.9. The molecular formula is C21H24F3N3O2. The summed E-state index contributed by atoms with van der Waals surface area (Å²) >= 11 is 0. The molecule has 1 atom stereocenters. The Balaban J connectivity index is 1.95. The Morgan fingerprint density at radius 1 is 1.00 bits per heavy atom. The van der Waals surface area contributed by atoms with Crippen molar-refractivity contribution in [3.63, 3.8) is 0 Å². The summed E-state index contributed by atoms with van der Waals surface area (Å²) in [4.78, 5) is 25.6. The van der Waals surface area contributed by atoms with E-state index in [1.54, 1.807) is 6.07 Å². The predicted molar refractivity (Wildman–Crippen MR) is 105 cm³/mol. The van der Waals surface area contributed by atoms with Gasteiger partial charge in [0.1, 0.15) is 6.04 Å². The molecule has 5 nitrogen and oxygen atoms in total. The number of nitrogens with one attached hydrogen (secondary N) is 2. The van der Waals surface area contributed by atoms with Crippen LogP contribution in [0.25, 0.3) is 0 Å². The van der Waals surface area contributed by atoms with Crippen molar-refractivity contribution in [2.75, 3.05) is 25.5 Å². The Morgan fingerprint density at radius 3 is 2.14 bits per heavy atom. The first kappa shape index (κ1) is 22.4. The molecule has 2 aromatic rings. The van der Waals surface area contributed by atoms with E-state index in [1.165, 1.54) is 31.3 Å². The summed E-state index contributed by atoms with van der Waals surface area (Å²) in [5, 5.41) is 5.00. The second-order valence-corrected chi connectivity index (χ2v) is 6.83. The smallest absolute Gasteiger partial charge is 0.335 e. The van der Waals surface area contributed by atoms with E-state index < -0.39 is 30.6 Å². The number of nitrogens with zero attached hydrogens (tertiary/aromatic N) is 1. The molecule has 0 aliphatic rings. The molecule has 1 unspecified atom stereocenters. The van der Waals surface area contributed by atoms with Gasteiger partial charge in [-0.05, 0) is 30.5 Å². The fourth-order valence-corrected chi connectivity index (χ4v) is 2.89. The van der Waals surface area contributed by atoms with Gasteiger partial charge in [-0.3, -0.25) is 14.9 Å². The molecule has 0 aromatic heterocycles. The zero-order chi connectivity index (χ0) is 21.6. The van der Waals surface area contributed by atoms with Crippen molar-refractivity contribution in [3.05, 3.63) is 65.2 Å². The lowest BCUT2D eigenvalue weighted by atomic mass is 10.1. The van der Waals surface area contributed by atoms with Crippen LogP contribution in [-0.4, -0.2) is 43.0 Å². The summed E-state index contributed by atoms with van der Waals surface area (Å²) < 4.78 is 40.0. The van der Waals surface area contributed by atoms with Gasteiger partial charge in [0.25, 0.3) is 0 Å². The number of alkyl halides is 3. The Hall–Kier alpha value is -2.87. The van der Waals surface area contributed by atoms with E-state index in [0.717, 1.165) is 16.0 Å². The third-order valence-corrected chi connectivity index (χ3v) is 4.47. The minimum absolute atomic E-state index is 0.0169. The van der Waals surface area contributed by atoms with Crippen molar-refractivity contribution in [3.8, 4) is 0 Å². The molecule has 0 fully saturated rings. The average Bonchev–Trinajstić information content (AvgIpc) is 2.64. The van der Waals surface area contributed by atoms with Gasteiger partial charge in [0, 0.05) is 12.7 Å². The first-order valence-electron chi connectivity index (χ1n) is 9.04. The van der Waals surface area contributed by atoms with Crippen LogP contribution in [0.3, 0.4) is 0 Å². The molecule has 0 heterocycles. The Bertz CT molecular complexity index is 834. The largest absolute Gasteiger partial charge is 0.407 e. The first-order valence-corrected chi connectivity index (χ1v) is 9.04. The highest BCUT2D eigenvalue weighted by atomic mass is 19.4. The van der Waals surface area contributed by atoms with Crippen LogP contribution in [0.1, 0.15) is 22.7 Å². The molecule has 2 aromatic carbocycles. The number of carbonyl (C=O) groups is 2. The molecule has 0 aliphatic carbocycles. The number of benzene rings is 2. The first-order chi connectivity index (χ1) is 13.6. The maximum atomic E-state index is 13.3. The van der Waals surface area contributed by atoms with E-state index in [-0.39, 0.29) is 12.1 Å². The molecule has 2 amide bonds. The molecule has 0 bridgehead atoms. The molecule has 2 rings (SSSR count). The van der Waals surface area contributed by atoms with E-state index in [0.29, 0.717) is 5.69 Å². The molecule has 0 radical (unpaired) electrons. The molecule has 29 heavy (non-hydrogen) atoms. The number of rotatable bonds is 7. The number of para-hydroxylation sites is 1. The minimum Gasteiger partial charge on any atom is -0.335 e. The Morgan fingerprint density at radius 2 is 1.59 bits per heavy atom. The second kappa shape index (κ2) is 9.56. The number of carbonyl (C=O) groups excluding carboxylic acids is 2. The lowest BCUT2D eigenvalue weighted by Crippen LogP contribution is -2.43. The third-order valence-electron chi connectivity index (χ3n) is 4.47. The van der Waals surface area contributed by atoms with Gasteiger partial charge in [0.15, 0.2) is 0 Å². The third kappa shape index (κ3) is 6.32. The lowest BCUT2D eigenvalue weighted by Gasteiger charge is -2.24. The number of amides is 2. The number of anilines is 1. The molecule has 8 heteroatoms. The van der Waals surface area contributed by atoms with Crippen molar-refractivity contribution in [2.24, 2.45) is 0 Å². The van der Waals surface area contributed by atoms with Gasteiger partial charge in [0.2, 0.25) is 11.8 Å². The fourth-order valence-electron chi connectivity index (χ4n) is 2.89. The monoisotopic (exact) mass is 407 g/mol. The normalized spacial score (nSPS) is 12.3. The summed E-state index contributed by atoms with van der Waals surface area (Å²) in [6.45, 7) is 2.88. The van der Waals surface area contributed by atoms with Gasteiger partial charge in [-0.25, -0.2) is 0 Å². The fraction of sp³-hybridized carbons (Fsp3) is 0.333. The zero-order valence-corrected chi connectivity index (χ0v) is 16.5. The lowest BCUT2D eigenvalue weighted by molar-refractivity contribution is -0.159. The average molecular weight is 407 g/mol. The molecule has 0 aliphatic heterocycles. The van der Waals surface area contributed by atoms with Crippen molar-refractivity contribution in [1.82, 2.24) is 10.2 Å². The summed E-state index contributed by atoms with van der Waals surface area (Å²) in [5.41, 5.74) is 2.44. The number of likely N-dealkylation sites (N-methyl/N-ethyl adjacent to an activating group) is 1. The van der Waals surface area contributed by atoms with Crippen LogP contribution in [0, 0.1) is 13.8 Å². The van der Waals surface area contributed by atoms with Crippen molar-refractivity contribution in [2.45, 2.75) is 26.1 Å². The van der Waals surface area contributed by atoms with E-state index in [1.807, 2.05) is 32.0 Å². The second-order valence-electron chi connectivity index (χ2n) is 6.83. The SMILES string of the molecule is Cc1cccc(C)c1NC(=O)CN(C)C(=O)CNC(c1ccccc1)C(F)(F)F. The molecule has 0 spiro atoms. The molecule has 2 N–H and O–H groups in total. The molecule has 156 valence electrons. The quantitative estimate of drug-likeness (QED) is 0.737. The summed E-state index contributed by atoms with van der Waals surface area (Å²) in [5.74, 6) is -1.04. The molecule has 0 saturated carbocycles.